The largest absolute Gasteiger partial charge is 0.371 e. The van der Waals surface area contributed by atoms with Gasteiger partial charge in [0.15, 0.2) is 0 Å². The Morgan fingerprint density at radius 3 is 3.08 bits per heavy atom. The molecule has 0 spiro atoms. The maximum Gasteiger partial charge on any atom is 0.0950 e. The van der Waals surface area contributed by atoms with Gasteiger partial charge in [0, 0.05) is 6.54 Å². The van der Waals surface area contributed by atoms with Crippen molar-refractivity contribution < 1.29 is 4.74 Å². The molecule has 1 fully saturated rings. The van der Waals surface area contributed by atoms with Crippen molar-refractivity contribution in [1.29, 1.82) is 0 Å². The van der Waals surface area contributed by atoms with E-state index in [1.165, 1.54) is 0 Å². The van der Waals surface area contributed by atoms with Crippen LogP contribution in [0.4, 0.5) is 0 Å². The molecule has 0 aromatic rings. The molecule has 1 aliphatic carbocycles. The Morgan fingerprint density at radius 1 is 1.42 bits per heavy atom. The lowest BCUT2D eigenvalue weighted by atomic mass is 10.0. The molecule has 2 unspecified atom stereocenters. The average Bonchev–Trinajstić information content (AvgIpc) is 2.17. The Morgan fingerprint density at radius 2 is 2.25 bits per heavy atom. The topological polar surface area (TPSA) is 12.5 Å². The van der Waals surface area contributed by atoms with Gasteiger partial charge in [0.25, 0.3) is 0 Å². The summed E-state index contributed by atoms with van der Waals surface area (Å²) in [5.41, 5.74) is 0. The molecular weight excluding hydrogens is 150 g/mol. The minimum Gasteiger partial charge on any atom is -0.371 e. The van der Waals surface area contributed by atoms with Crippen molar-refractivity contribution in [2.45, 2.75) is 19.1 Å². The maximum atomic E-state index is 5.63. The van der Waals surface area contributed by atoms with Crippen molar-refractivity contribution in [3.63, 3.8) is 0 Å². The number of allylic oxidation sites excluding steroid dienone is 2. The standard InChI is InChI=1S/C10H15NO/c1-2-11-7-8-12-10-6-4-3-5-9(10)11/h3-6,9-10H,2,7-8H2,1H3. The monoisotopic (exact) mass is 165 g/mol. The number of nitrogens with zero attached hydrogens (tertiary/aromatic N) is 1. The molecule has 0 bridgehead atoms. The number of ether oxygens (including phenoxy) is 1. The van der Waals surface area contributed by atoms with Crippen molar-refractivity contribution in [3.8, 4) is 0 Å². The quantitative estimate of drug-likeness (QED) is 0.579. The molecule has 0 saturated carbocycles. The number of morpholine rings is 1. The van der Waals surface area contributed by atoms with Crippen LogP contribution in [-0.4, -0.2) is 36.7 Å². The molecule has 1 heterocycles. The van der Waals surface area contributed by atoms with E-state index in [1.54, 1.807) is 0 Å². The molecule has 0 radical (unpaired) electrons. The van der Waals surface area contributed by atoms with E-state index >= 15 is 0 Å². The minimum absolute atomic E-state index is 0.295. The summed E-state index contributed by atoms with van der Waals surface area (Å²) >= 11 is 0. The zero-order chi connectivity index (χ0) is 8.39. The van der Waals surface area contributed by atoms with Crippen molar-refractivity contribution in [3.05, 3.63) is 24.3 Å². The minimum atomic E-state index is 0.295. The highest BCUT2D eigenvalue weighted by atomic mass is 16.5. The van der Waals surface area contributed by atoms with Crippen LogP contribution in [0, 0.1) is 0 Å². The van der Waals surface area contributed by atoms with Crippen LogP contribution in [-0.2, 0) is 4.74 Å². The van der Waals surface area contributed by atoms with Crippen LogP contribution in [0.15, 0.2) is 24.3 Å². The van der Waals surface area contributed by atoms with Gasteiger partial charge in [-0.1, -0.05) is 31.2 Å². The van der Waals surface area contributed by atoms with Crippen LogP contribution in [0.3, 0.4) is 0 Å². The Hall–Kier alpha value is -0.600. The third-order valence-corrected chi connectivity index (χ3v) is 2.57. The molecule has 0 amide bonds. The third-order valence-electron chi connectivity index (χ3n) is 2.57. The average molecular weight is 165 g/mol. The van der Waals surface area contributed by atoms with Gasteiger partial charge in [0.05, 0.1) is 18.8 Å². The number of rotatable bonds is 1. The number of hydrogen-bond acceptors (Lipinski definition) is 2. The lowest BCUT2D eigenvalue weighted by Gasteiger charge is -2.38. The van der Waals surface area contributed by atoms with Crippen LogP contribution in [0.1, 0.15) is 6.92 Å². The summed E-state index contributed by atoms with van der Waals surface area (Å²) < 4.78 is 5.63. The second-order valence-electron chi connectivity index (χ2n) is 3.22. The van der Waals surface area contributed by atoms with Crippen molar-refractivity contribution in [1.82, 2.24) is 4.90 Å². The molecule has 2 aliphatic rings. The highest BCUT2D eigenvalue weighted by Crippen LogP contribution is 2.18. The van der Waals surface area contributed by atoms with E-state index in [0.29, 0.717) is 12.1 Å². The summed E-state index contributed by atoms with van der Waals surface area (Å²) in [6, 6.07) is 0.480. The van der Waals surface area contributed by atoms with Gasteiger partial charge in [0.1, 0.15) is 0 Å². The van der Waals surface area contributed by atoms with Crippen molar-refractivity contribution in [2.75, 3.05) is 19.7 Å². The maximum absolute atomic E-state index is 5.63. The van der Waals surface area contributed by atoms with E-state index in [4.69, 9.17) is 4.74 Å². The Balaban J connectivity index is 2.11. The fourth-order valence-electron chi connectivity index (χ4n) is 1.88. The summed E-state index contributed by atoms with van der Waals surface area (Å²) in [7, 11) is 0. The summed E-state index contributed by atoms with van der Waals surface area (Å²) in [6.45, 7) is 5.25. The van der Waals surface area contributed by atoms with Crippen LogP contribution in [0.2, 0.25) is 0 Å². The van der Waals surface area contributed by atoms with Crippen molar-refractivity contribution >= 4 is 0 Å². The van der Waals surface area contributed by atoms with Gasteiger partial charge in [-0.05, 0) is 6.54 Å². The van der Waals surface area contributed by atoms with E-state index in [2.05, 4.69) is 36.1 Å². The molecule has 1 saturated heterocycles. The van der Waals surface area contributed by atoms with Crippen molar-refractivity contribution in [2.24, 2.45) is 0 Å². The van der Waals surface area contributed by atoms with Gasteiger partial charge in [-0.25, -0.2) is 0 Å². The van der Waals surface area contributed by atoms with E-state index < -0.39 is 0 Å². The Bertz CT molecular complexity index is 210. The molecule has 12 heavy (non-hydrogen) atoms. The zero-order valence-electron chi connectivity index (χ0n) is 7.44. The lowest BCUT2D eigenvalue weighted by Crippen LogP contribution is -2.49. The van der Waals surface area contributed by atoms with Gasteiger partial charge in [-0.3, -0.25) is 4.90 Å². The fourth-order valence-corrected chi connectivity index (χ4v) is 1.88. The smallest absolute Gasteiger partial charge is 0.0950 e. The number of fused-ring (bicyclic) bond motifs is 1. The Kier molecular flexibility index (Phi) is 2.28. The number of hydrogen-bond donors (Lipinski definition) is 0. The lowest BCUT2D eigenvalue weighted by molar-refractivity contribution is -0.0293. The van der Waals surface area contributed by atoms with E-state index in [9.17, 15) is 0 Å². The molecule has 2 atom stereocenters. The normalized spacial score (nSPS) is 35.1. The van der Waals surface area contributed by atoms with Gasteiger partial charge in [-0.2, -0.15) is 0 Å². The first-order valence-corrected chi connectivity index (χ1v) is 4.62. The third kappa shape index (κ3) is 1.32. The van der Waals surface area contributed by atoms with E-state index in [0.717, 1.165) is 19.7 Å². The predicted octanol–water partition coefficient (Wildman–Crippen LogP) is 1.20. The molecule has 66 valence electrons. The first-order chi connectivity index (χ1) is 5.92. The molecule has 0 aromatic carbocycles. The van der Waals surface area contributed by atoms with E-state index in [1.807, 2.05) is 0 Å². The summed E-state index contributed by atoms with van der Waals surface area (Å²) in [4.78, 5) is 2.45. The highest BCUT2D eigenvalue weighted by molar-refractivity contribution is 5.19. The molecular formula is C10H15NO. The van der Waals surface area contributed by atoms with Crippen LogP contribution in [0.5, 0.6) is 0 Å². The summed E-state index contributed by atoms with van der Waals surface area (Å²) in [6.07, 6.45) is 8.85. The van der Waals surface area contributed by atoms with Gasteiger partial charge >= 0.3 is 0 Å². The summed E-state index contributed by atoms with van der Waals surface area (Å²) in [5.74, 6) is 0. The second-order valence-corrected chi connectivity index (χ2v) is 3.22. The first-order valence-electron chi connectivity index (χ1n) is 4.62. The van der Waals surface area contributed by atoms with Crippen LogP contribution in [0.25, 0.3) is 0 Å². The Labute approximate surface area is 73.5 Å². The zero-order valence-corrected chi connectivity index (χ0v) is 7.44. The molecule has 1 aliphatic heterocycles. The molecule has 0 aromatic heterocycles. The van der Waals surface area contributed by atoms with E-state index in [-0.39, 0.29) is 0 Å². The SMILES string of the molecule is CCN1CCOC2C=CC=CC21. The van der Waals surface area contributed by atoms with Gasteiger partial charge in [0.2, 0.25) is 0 Å². The fraction of sp³-hybridized carbons (Fsp3) is 0.600. The van der Waals surface area contributed by atoms with Crippen LogP contribution >= 0.6 is 0 Å². The molecule has 2 heteroatoms. The first kappa shape index (κ1) is 8.02. The molecule has 2 rings (SSSR count). The number of likely N-dealkylation sites (N-methyl/N-ethyl adjacent to an activating group) is 1. The summed E-state index contributed by atoms with van der Waals surface area (Å²) in [5, 5.41) is 0. The predicted molar refractivity (Wildman–Crippen MR) is 49.1 cm³/mol. The molecule has 0 N–H and O–H groups in total. The second kappa shape index (κ2) is 3.42. The van der Waals surface area contributed by atoms with Gasteiger partial charge < -0.3 is 4.74 Å². The van der Waals surface area contributed by atoms with Crippen LogP contribution < -0.4 is 0 Å². The van der Waals surface area contributed by atoms with Gasteiger partial charge in [-0.15, -0.1) is 0 Å². The molecule has 2 nitrogen and oxygen atoms in total. The highest BCUT2D eigenvalue weighted by Gasteiger charge is 2.28.